The highest BCUT2D eigenvalue weighted by atomic mass is 16.5. The molecule has 0 saturated carbocycles. The van der Waals surface area contributed by atoms with E-state index in [2.05, 4.69) is 14.2 Å². The molecule has 18 heavy (non-hydrogen) atoms. The number of rotatable bonds is 5. The van der Waals surface area contributed by atoms with Crippen molar-refractivity contribution in [2.45, 2.75) is 0 Å². The Morgan fingerprint density at radius 2 is 1.33 bits per heavy atom. The lowest BCUT2D eigenvalue weighted by Gasteiger charge is -1.98. The summed E-state index contributed by atoms with van der Waals surface area (Å²) < 4.78 is 13.2. The van der Waals surface area contributed by atoms with Gasteiger partial charge in [0.25, 0.3) is 0 Å². The molecule has 0 aromatic rings. The normalized spacial score (nSPS) is 11.6. The molecule has 0 heterocycles. The number of hydrogen-bond acceptors (Lipinski definition) is 6. The van der Waals surface area contributed by atoms with Crippen LogP contribution >= 0.6 is 0 Å². The van der Waals surface area contributed by atoms with Crippen LogP contribution in [0.15, 0.2) is 36.0 Å². The van der Waals surface area contributed by atoms with Crippen LogP contribution in [0.5, 0.6) is 0 Å². The third-order valence-corrected chi connectivity index (χ3v) is 1.73. The Kier molecular flexibility index (Phi) is 7.59. The van der Waals surface area contributed by atoms with Crippen molar-refractivity contribution in [2.75, 3.05) is 21.3 Å². The van der Waals surface area contributed by atoms with E-state index in [-0.39, 0.29) is 5.57 Å². The average molecular weight is 254 g/mol. The molecule has 6 heteroatoms. The first kappa shape index (κ1) is 15.6. The number of methoxy groups -OCH3 is 3. The molecule has 0 spiro atoms. The summed E-state index contributed by atoms with van der Waals surface area (Å²) in [5.41, 5.74) is 0.0862. The molecule has 0 bridgehead atoms. The predicted octanol–water partition coefficient (Wildman–Crippen LogP) is 0.544. The fourth-order valence-corrected chi connectivity index (χ4v) is 0.834. The number of carbonyl (C=O) groups is 3. The zero-order valence-corrected chi connectivity index (χ0v) is 10.3. The number of ether oxygens (including phenoxy) is 3. The van der Waals surface area contributed by atoms with Crippen LogP contribution in [0, 0.1) is 0 Å². The Morgan fingerprint density at radius 3 is 1.83 bits per heavy atom. The van der Waals surface area contributed by atoms with Gasteiger partial charge in [0.05, 0.1) is 26.9 Å². The van der Waals surface area contributed by atoms with Gasteiger partial charge in [-0.3, -0.25) is 0 Å². The van der Waals surface area contributed by atoms with Gasteiger partial charge in [0.2, 0.25) is 0 Å². The predicted molar refractivity (Wildman–Crippen MR) is 62.4 cm³/mol. The van der Waals surface area contributed by atoms with Crippen LogP contribution in [-0.2, 0) is 28.6 Å². The largest absolute Gasteiger partial charge is 0.466 e. The van der Waals surface area contributed by atoms with Crippen LogP contribution < -0.4 is 0 Å². The van der Waals surface area contributed by atoms with Crippen LogP contribution in [0.25, 0.3) is 0 Å². The Hall–Kier alpha value is -2.37. The summed E-state index contributed by atoms with van der Waals surface area (Å²) in [6.45, 7) is 0. The Morgan fingerprint density at radius 1 is 0.778 bits per heavy atom. The summed E-state index contributed by atoms with van der Waals surface area (Å²) in [5, 5.41) is 0. The zero-order valence-electron chi connectivity index (χ0n) is 10.3. The fraction of sp³-hybridized carbons (Fsp3) is 0.250. The van der Waals surface area contributed by atoms with E-state index in [0.29, 0.717) is 0 Å². The van der Waals surface area contributed by atoms with Gasteiger partial charge in [-0.25, -0.2) is 14.4 Å². The van der Waals surface area contributed by atoms with Gasteiger partial charge in [0.15, 0.2) is 0 Å². The second kappa shape index (κ2) is 8.74. The molecule has 0 N–H and O–H groups in total. The highest BCUT2D eigenvalue weighted by Crippen LogP contribution is 2.01. The van der Waals surface area contributed by atoms with Gasteiger partial charge in [-0.15, -0.1) is 0 Å². The van der Waals surface area contributed by atoms with E-state index in [9.17, 15) is 14.4 Å². The van der Waals surface area contributed by atoms with E-state index in [1.165, 1.54) is 39.6 Å². The maximum atomic E-state index is 11.3. The van der Waals surface area contributed by atoms with Crippen LogP contribution in [0.4, 0.5) is 0 Å². The summed E-state index contributed by atoms with van der Waals surface area (Å²) in [5.74, 6) is -1.82. The van der Waals surface area contributed by atoms with Gasteiger partial charge in [0, 0.05) is 12.2 Å². The molecule has 0 rings (SSSR count). The highest BCUT2D eigenvalue weighted by molar-refractivity contribution is 5.94. The fourth-order valence-electron chi connectivity index (χ4n) is 0.834. The molecule has 0 atom stereocenters. The van der Waals surface area contributed by atoms with E-state index in [1.54, 1.807) is 0 Å². The second-order valence-electron chi connectivity index (χ2n) is 2.85. The third kappa shape index (κ3) is 6.26. The minimum atomic E-state index is -0.648. The van der Waals surface area contributed by atoms with Gasteiger partial charge < -0.3 is 14.2 Å². The van der Waals surface area contributed by atoms with Gasteiger partial charge in [-0.2, -0.15) is 0 Å². The molecule has 98 valence electrons. The standard InChI is InChI=1S/C12H14O6/c1-16-10(13)6-4-5-9(12(15)18-3)7-8-11(14)17-2/h4-8H,1-3H3/b6-4-,8-7+,9-5+. The Balaban J connectivity index is 4.89. The van der Waals surface area contributed by atoms with Crippen LogP contribution in [0.3, 0.4) is 0 Å². The molecule has 0 unspecified atom stereocenters. The average Bonchev–Trinajstić information content (AvgIpc) is 2.40. The van der Waals surface area contributed by atoms with Crippen molar-refractivity contribution in [3.8, 4) is 0 Å². The van der Waals surface area contributed by atoms with Crippen molar-refractivity contribution in [1.82, 2.24) is 0 Å². The van der Waals surface area contributed by atoms with Gasteiger partial charge in [-0.1, -0.05) is 6.08 Å². The number of allylic oxidation sites excluding steroid dienone is 2. The third-order valence-electron chi connectivity index (χ3n) is 1.73. The van der Waals surface area contributed by atoms with Gasteiger partial charge >= 0.3 is 17.9 Å². The molecular formula is C12H14O6. The monoisotopic (exact) mass is 254 g/mol. The van der Waals surface area contributed by atoms with Crippen molar-refractivity contribution in [3.05, 3.63) is 36.0 Å². The van der Waals surface area contributed by atoms with Crippen molar-refractivity contribution in [1.29, 1.82) is 0 Å². The molecule has 0 aliphatic rings. The van der Waals surface area contributed by atoms with Gasteiger partial charge in [0.1, 0.15) is 0 Å². The van der Waals surface area contributed by atoms with E-state index < -0.39 is 17.9 Å². The van der Waals surface area contributed by atoms with E-state index in [4.69, 9.17) is 0 Å². The molecule has 0 radical (unpaired) electrons. The second-order valence-corrected chi connectivity index (χ2v) is 2.85. The minimum absolute atomic E-state index is 0.0862. The maximum absolute atomic E-state index is 11.3. The molecule has 6 nitrogen and oxygen atoms in total. The first-order chi connectivity index (χ1) is 8.54. The zero-order chi connectivity index (χ0) is 14.0. The van der Waals surface area contributed by atoms with Crippen LogP contribution in [0.1, 0.15) is 0 Å². The number of hydrogen-bond donors (Lipinski definition) is 0. The Bertz CT molecular complexity index is 403. The van der Waals surface area contributed by atoms with E-state index in [1.807, 2.05) is 0 Å². The molecule has 0 aromatic heterocycles. The molecule has 0 saturated heterocycles. The van der Waals surface area contributed by atoms with Crippen LogP contribution in [-0.4, -0.2) is 39.2 Å². The minimum Gasteiger partial charge on any atom is -0.466 e. The maximum Gasteiger partial charge on any atom is 0.337 e. The number of carbonyl (C=O) groups excluding carboxylic acids is 3. The lowest BCUT2D eigenvalue weighted by atomic mass is 10.2. The molecular weight excluding hydrogens is 240 g/mol. The van der Waals surface area contributed by atoms with Crippen molar-refractivity contribution in [3.63, 3.8) is 0 Å². The topological polar surface area (TPSA) is 78.9 Å². The summed E-state index contributed by atoms with van der Waals surface area (Å²) in [6.07, 6.45) is 6.02. The van der Waals surface area contributed by atoms with Crippen molar-refractivity contribution >= 4 is 17.9 Å². The molecule has 0 aromatic carbocycles. The van der Waals surface area contributed by atoms with Crippen molar-refractivity contribution < 1.29 is 28.6 Å². The lowest BCUT2D eigenvalue weighted by molar-refractivity contribution is -0.136. The smallest absolute Gasteiger partial charge is 0.337 e. The summed E-state index contributed by atoms with van der Waals surface area (Å²) >= 11 is 0. The first-order valence-electron chi connectivity index (χ1n) is 4.85. The summed E-state index contributed by atoms with van der Waals surface area (Å²) in [6, 6.07) is 0. The summed E-state index contributed by atoms with van der Waals surface area (Å²) in [7, 11) is 3.65. The molecule has 0 aliphatic carbocycles. The highest BCUT2D eigenvalue weighted by Gasteiger charge is 2.05. The molecule has 0 amide bonds. The lowest BCUT2D eigenvalue weighted by Crippen LogP contribution is -2.03. The van der Waals surface area contributed by atoms with Crippen LogP contribution in [0.2, 0.25) is 0 Å². The molecule has 0 fully saturated rings. The number of esters is 3. The van der Waals surface area contributed by atoms with Crippen molar-refractivity contribution in [2.24, 2.45) is 0 Å². The molecule has 0 aliphatic heterocycles. The van der Waals surface area contributed by atoms with E-state index >= 15 is 0 Å². The quantitative estimate of drug-likeness (QED) is 0.308. The van der Waals surface area contributed by atoms with E-state index in [0.717, 1.165) is 12.2 Å². The SMILES string of the molecule is COC(=O)\C=C/C=C(\C=C\C(=O)OC)C(=O)OC. The summed E-state index contributed by atoms with van der Waals surface area (Å²) in [4.78, 5) is 33.0. The first-order valence-corrected chi connectivity index (χ1v) is 4.85. The van der Waals surface area contributed by atoms with Gasteiger partial charge in [-0.05, 0) is 12.2 Å². The Labute approximate surface area is 105 Å².